The summed E-state index contributed by atoms with van der Waals surface area (Å²) in [5, 5.41) is 3.66. The van der Waals surface area contributed by atoms with Gasteiger partial charge in [0.05, 0.1) is 0 Å². The van der Waals surface area contributed by atoms with Crippen molar-refractivity contribution < 1.29 is 0 Å². The fourth-order valence-electron chi connectivity index (χ4n) is 2.22. The fourth-order valence-corrected chi connectivity index (χ4v) is 2.22. The van der Waals surface area contributed by atoms with Crippen LogP contribution in [0.15, 0.2) is 0 Å². The molecule has 11 heavy (non-hydrogen) atoms. The van der Waals surface area contributed by atoms with Crippen LogP contribution in [0, 0.1) is 5.92 Å². The molecule has 0 unspecified atom stereocenters. The van der Waals surface area contributed by atoms with Gasteiger partial charge in [-0.15, -0.1) is 0 Å². The number of rotatable bonds is 4. The van der Waals surface area contributed by atoms with E-state index in [0.717, 1.165) is 5.92 Å². The Morgan fingerprint density at radius 2 is 2.00 bits per heavy atom. The highest BCUT2D eigenvalue weighted by molar-refractivity contribution is 4.98. The molecule has 1 rings (SSSR count). The molecule has 0 radical (unpaired) electrons. The minimum absolute atomic E-state index is 0.537. The van der Waals surface area contributed by atoms with Crippen LogP contribution in [0.4, 0.5) is 0 Å². The van der Waals surface area contributed by atoms with Gasteiger partial charge in [0.2, 0.25) is 0 Å². The van der Waals surface area contributed by atoms with Crippen LogP contribution in [0.2, 0.25) is 0 Å². The predicted molar refractivity (Wildman–Crippen MR) is 49.7 cm³/mol. The van der Waals surface area contributed by atoms with Crippen molar-refractivity contribution >= 4 is 0 Å². The first-order valence-electron chi connectivity index (χ1n) is 4.97. The standard InChI is InChI=1S/C10H21N/c1-4-6-11-10(5-2)7-9(3)8-10/h9,11H,4-8H2,1-3H3. The van der Waals surface area contributed by atoms with Crippen LogP contribution in [-0.4, -0.2) is 12.1 Å². The molecule has 0 atom stereocenters. The smallest absolute Gasteiger partial charge is 0.0184 e. The molecule has 1 N–H and O–H groups in total. The molecule has 1 heteroatoms. The summed E-state index contributed by atoms with van der Waals surface area (Å²) in [5.74, 6) is 0.958. The molecule has 66 valence electrons. The Hall–Kier alpha value is -0.0400. The third-order valence-corrected chi connectivity index (χ3v) is 2.91. The van der Waals surface area contributed by atoms with Crippen molar-refractivity contribution in [3.63, 3.8) is 0 Å². The first-order chi connectivity index (χ1) is 5.22. The van der Waals surface area contributed by atoms with Crippen LogP contribution in [0.25, 0.3) is 0 Å². The average molecular weight is 155 g/mol. The number of hydrogen-bond acceptors (Lipinski definition) is 1. The Morgan fingerprint density at radius 3 is 2.36 bits per heavy atom. The van der Waals surface area contributed by atoms with Crippen molar-refractivity contribution in [3.05, 3.63) is 0 Å². The summed E-state index contributed by atoms with van der Waals surface area (Å²) in [6.07, 6.45) is 5.35. The van der Waals surface area contributed by atoms with Crippen molar-refractivity contribution in [3.8, 4) is 0 Å². The fraction of sp³-hybridized carbons (Fsp3) is 1.00. The van der Waals surface area contributed by atoms with Crippen LogP contribution in [0.5, 0.6) is 0 Å². The second-order valence-electron chi connectivity index (χ2n) is 4.07. The first kappa shape index (κ1) is 9.05. The Labute approximate surface area is 70.6 Å². The third kappa shape index (κ3) is 1.96. The molecule has 0 bridgehead atoms. The molecule has 1 aliphatic carbocycles. The van der Waals surface area contributed by atoms with Gasteiger partial charge in [0.25, 0.3) is 0 Å². The summed E-state index contributed by atoms with van der Waals surface area (Å²) in [6, 6.07) is 0. The van der Waals surface area contributed by atoms with Gasteiger partial charge in [-0.3, -0.25) is 0 Å². The van der Waals surface area contributed by atoms with E-state index < -0.39 is 0 Å². The first-order valence-corrected chi connectivity index (χ1v) is 4.97. The van der Waals surface area contributed by atoms with Crippen LogP contribution in [-0.2, 0) is 0 Å². The molecule has 0 saturated heterocycles. The topological polar surface area (TPSA) is 12.0 Å². The lowest BCUT2D eigenvalue weighted by molar-refractivity contribution is 0.111. The van der Waals surface area contributed by atoms with Gasteiger partial charge in [0.1, 0.15) is 0 Å². The van der Waals surface area contributed by atoms with Gasteiger partial charge in [-0.25, -0.2) is 0 Å². The average Bonchev–Trinajstić information content (AvgIpc) is 1.96. The lowest BCUT2D eigenvalue weighted by Crippen LogP contribution is -2.54. The minimum atomic E-state index is 0.537. The van der Waals surface area contributed by atoms with Gasteiger partial charge < -0.3 is 5.32 Å². The Kier molecular flexibility index (Phi) is 2.94. The van der Waals surface area contributed by atoms with E-state index in [0.29, 0.717) is 5.54 Å². The van der Waals surface area contributed by atoms with Gasteiger partial charge in [-0.2, -0.15) is 0 Å². The molecule has 0 heterocycles. The van der Waals surface area contributed by atoms with Crippen LogP contribution in [0.3, 0.4) is 0 Å². The second kappa shape index (κ2) is 3.57. The highest BCUT2D eigenvalue weighted by Gasteiger charge is 2.39. The van der Waals surface area contributed by atoms with E-state index >= 15 is 0 Å². The van der Waals surface area contributed by atoms with Crippen molar-refractivity contribution in [2.75, 3.05) is 6.54 Å². The molecule has 1 nitrogen and oxygen atoms in total. The zero-order chi connectivity index (χ0) is 8.32. The van der Waals surface area contributed by atoms with Gasteiger partial charge in [-0.05, 0) is 38.1 Å². The molecule has 1 aliphatic rings. The van der Waals surface area contributed by atoms with E-state index in [1.165, 1.54) is 32.2 Å². The van der Waals surface area contributed by atoms with E-state index in [1.807, 2.05) is 0 Å². The van der Waals surface area contributed by atoms with Gasteiger partial charge in [0.15, 0.2) is 0 Å². The summed E-state index contributed by atoms with van der Waals surface area (Å²) in [5.41, 5.74) is 0.537. The zero-order valence-electron chi connectivity index (χ0n) is 8.11. The number of nitrogens with one attached hydrogen (secondary N) is 1. The summed E-state index contributed by atoms with van der Waals surface area (Å²) in [6.45, 7) is 8.08. The molecule has 0 aromatic heterocycles. The monoisotopic (exact) mass is 155 g/mol. The Bertz CT molecular complexity index is 114. The normalized spacial score (nSPS) is 36.8. The lowest BCUT2D eigenvalue weighted by atomic mass is 9.67. The Morgan fingerprint density at radius 1 is 1.36 bits per heavy atom. The third-order valence-electron chi connectivity index (χ3n) is 2.91. The summed E-state index contributed by atoms with van der Waals surface area (Å²) < 4.78 is 0. The molecular weight excluding hydrogens is 134 g/mol. The van der Waals surface area contributed by atoms with E-state index in [9.17, 15) is 0 Å². The van der Waals surface area contributed by atoms with Crippen molar-refractivity contribution in [2.24, 2.45) is 5.92 Å². The molecule has 0 aliphatic heterocycles. The van der Waals surface area contributed by atoms with E-state index in [4.69, 9.17) is 0 Å². The van der Waals surface area contributed by atoms with Crippen LogP contribution < -0.4 is 5.32 Å². The maximum atomic E-state index is 3.66. The van der Waals surface area contributed by atoms with Gasteiger partial charge >= 0.3 is 0 Å². The highest BCUT2D eigenvalue weighted by Crippen LogP contribution is 2.39. The molecular formula is C10H21N. The number of hydrogen-bond donors (Lipinski definition) is 1. The maximum absolute atomic E-state index is 3.66. The lowest BCUT2D eigenvalue weighted by Gasteiger charge is -2.47. The molecule has 0 aromatic rings. The summed E-state index contributed by atoms with van der Waals surface area (Å²) in [4.78, 5) is 0. The molecule has 0 aromatic carbocycles. The van der Waals surface area contributed by atoms with Gasteiger partial charge in [-0.1, -0.05) is 20.8 Å². The second-order valence-corrected chi connectivity index (χ2v) is 4.07. The van der Waals surface area contributed by atoms with Crippen molar-refractivity contribution in [1.82, 2.24) is 5.32 Å². The predicted octanol–water partition coefficient (Wildman–Crippen LogP) is 2.56. The summed E-state index contributed by atoms with van der Waals surface area (Å²) in [7, 11) is 0. The highest BCUT2D eigenvalue weighted by atomic mass is 15.0. The minimum Gasteiger partial charge on any atom is -0.311 e. The van der Waals surface area contributed by atoms with Gasteiger partial charge in [0, 0.05) is 5.54 Å². The molecule has 1 fully saturated rings. The molecule has 0 amide bonds. The van der Waals surface area contributed by atoms with Crippen molar-refractivity contribution in [1.29, 1.82) is 0 Å². The van der Waals surface area contributed by atoms with Crippen LogP contribution >= 0.6 is 0 Å². The summed E-state index contributed by atoms with van der Waals surface area (Å²) >= 11 is 0. The quantitative estimate of drug-likeness (QED) is 0.658. The maximum Gasteiger partial charge on any atom is 0.0184 e. The molecule has 0 spiro atoms. The Balaban J connectivity index is 2.26. The largest absolute Gasteiger partial charge is 0.311 e. The zero-order valence-corrected chi connectivity index (χ0v) is 8.11. The van der Waals surface area contributed by atoms with Crippen molar-refractivity contribution in [2.45, 2.75) is 52.0 Å². The molecule has 1 saturated carbocycles. The van der Waals surface area contributed by atoms with E-state index in [-0.39, 0.29) is 0 Å². The SMILES string of the molecule is CCCNC1(CC)CC(C)C1. The van der Waals surface area contributed by atoms with Crippen LogP contribution in [0.1, 0.15) is 46.5 Å². The van der Waals surface area contributed by atoms with E-state index in [2.05, 4.69) is 26.1 Å². The van der Waals surface area contributed by atoms with E-state index in [1.54, 1.807) is 0 Å².